The van der Waals surface area contributed by atoms with E-state index in [1.165, 1.54) is 7.11 Å². The van der Waals surface area contributed by atoms with E-state index in [0.29, 0.717) is 11.3 Å². The third kappa shape index (κ3) is 4.22. The van der Waals surface area contributed by atoms with Crippen LogP contribution < -0.4 is 15.8 Å². The van der Waals surface area contributed by atoms with Crippen molar-refractivity contribution in [3.05, 3.63) is 29.8 Å². The molecule has 0 fully saturated rings. The number of ether oxygens (including phenoxy) is 2. The second-order valence-electron chi connectivity index (χ2n) is 4.05. The Labute approximate surface area is 116 Å². The van der Waals surface area contributed by atoms with E-state index in [1.807, 2.05) is 0 Å². The molecule has 2 atom stereocenters. The molecule has 0 bridgehead atoms. The number of aliphatic hydroxyl groups excluding tert-OH is 1. The predicted octanol–water partition coefficient (Wildman–Crippen LogP) is -0.655. The highest BCUT2D eigenvalue weighted by molar-refractivity contribution is 5.84. The summed E-state index contributed by atoms with van der Waals surface area (Å²) in [6, 6.07) is 6.79. The number of hydrogen-bond acceptors (Lipinski definition) is 5. The standard InChI is InChI=1S/C13H18N2O5/c1-19-9-5-3-8(4-6-9)11(20-2)13(18)15-7-10(16)12(14)17/h3-6,10-11,16H,7H2,1-2H3,(H2,14,17)(H,15,18). The Balaban J connectivity index is 2.69. The molecular weight excluding hydrogens is 264 g/mol. The zero-order valence-corrected chi connectivity index (χ0v) is 11.3. The second kappa shape index (κ2) is 7.46. The van der Waals surface area contributed by atoms with Crippen LogP contribution >= 0.6 is 0 Å². The maximum atomic E-state index is 11.9. The van der Waals surface area contributed by atoms with Gasteiger partial charge >= 0.3 is 0 Å². The minimum absolute atomic E-state index is 0.260. The molecule has 0 spiro atoms. The summed E-state index contributed by atoms with van der Waals surface area (Å²) in [5.41, 5.74) is 5.51. The Hall–Kier alpha value is -2.12. The highest BCUT2D eigenvalue weighted by Gasteiger charge is 2.21. The molecule has 0 radical (unpaired) electrons. The fraction of sp³-hybridized carbons (Fsp3) is 0.385. The Bertz CT molecular complexity index is 460. The van der Waals surface area contributed by atoms with Crippen molar-refractivity contribution in [1.29, 1.82) is 0 Å². The molecule has 1 aromatic rings. The van der Waals surface area contributed by atoms with Crippen molar-refractivity contribution in [3.63, 3.8) is 0 Å². The molecule has 0 saturated carbocycles. The van der Waals surface area contributed by atoms with E-state index in [4.69, 9.17) is 15.2 Å². The number of aliphatic hydroxyl groups is 1. The van der Waals surface area contributed by atoms with Crippen LogP contribution in [0.5, 0.6) is 5.75 Å². The van der Waals surface area contributed by atoms with Crippen LogP contribution in [0.1, 0.15) is 11.7 Å². The molecule has 0 aliphatic rings. The van der Waals surface area contributed by atoms with Crippen LogP contribution in [0.15, 0.2) is 24.3 Å². The average Bonchev–Trinajstić information content (AvgIpc) is 2.46. The number of primary amides is 1. The van der Waals surface area contributed by atoms with Crippen molar-refractivity contribution in [1.82, 2.24) is 5.32 Å². The van der Waals surface area contributed by atoms with Gasteiger partial charge in [0, 0.05) is 7.11 Å². The molecule has 2 unspecified atom stereocenters. The lowest BCUT2D eigenvalue weighted by Gasteiger charge is -2.17. The molecule has 7 heteroatoms. The predicted molar refractivity (Wildman–Crippen MR) is 71.0 cm³/mol. The number of methoxy groups -OCH3 is 2. The van der Waals surface area contributed by atoms with Crippen molar-refractivity contribution in [2.75, 3.05) is 20.8 Å². The number of carbonyl (C=O) groups is 2. The molecule has 1 aromatic carbocycles. The fourth-order valence-electron chi connectivity index (χ4n) is 1.56. The first-order chi connectivity index (χ1) is 9.49. The van der Waals surface area contributed by atoms with Crippen LogP contribution in [0.25, 0.3) is 0 Å². The van der Waals surface area contributed by atoms with Gasteiger partial charge in [-0.15, -0.1) is 0 Å². The number of rotatable bonds is 7. The minimum atomic E-state index is -1.42. The molecular formula is C13H18N2O5. The highest BCUT2D eigenvalue weighted by Crippen LogP contribution is 2.20. The molecule has 0 heterocycles. The Morgan fingerprint density at radius 2 is 1.90 bits per heavy atom. The van der Waals surface area contributed by atoms with Crippen LogP contribution in [0.3, 0.4) is 0 Å². The third-order valence-corrected chi connectivity index (χ3v) is 2.69. The van der Waals surface area contributed by atoms with Gasteiger partial charge in [-0.3, -0.25) is 9.59 Å². The van der Waals surface area contributed by atoms with Crippen LogP contribution in [-0.4, -0.2) is 43.8 Å². The number of benzene rings is 1. The smallest absolute Gasteiger partial charge is 0.253 e. The molecule has 7 nitrogen and oxygen atoms in total. The van der Waals surface area contributed by atoms with Gasteiger partial charge in [-0.25, -0.2) is 0 Å². The van der Waals surface area contributed by atoms with Gasteiger partial charge in [0.05, 0.1) is 13.7 Å². The first-order valence-corrected chi connectivity index (χ1v) is 5.91. The van der Waals surface area contributed by atoms with E-state index in [1.54, 1.807) is 31.4 Å². The summed E-state index contributed by atoms with van der Waals surface area (Å²) in [4.78, 5) is 22.6. The van der Waals surface area contributed by atoms with Crippen molar-refractivity contribution in [2.45, 2.75) is 12.2 Å². The van der Waals surface area contributed by atoms with Gasteiger partial charge in [-0.1, -0.05) is 12.1 Å². The van der Waals surface area contributed by atoms with Gasteiger partial charge in [-0.05, 0) is 17.7 Å². The van der Waals surface area contributed by atoms with E-state index >= 15 is 0 Å². The number of amides is 2. The highest BCUT2D eigenvalue weighted by atomic mass is 16.5. The quantitative estimate of drug-likeness (QED) is 0.615. The molecule has 0 aromatic heterocycles. The molecule has 4 N–H and O–H groups in total. The van der Waals surface area contributed by atoms with Crippen molar-refractivity contribution >= 4 is 11.8 Å². The number of hydrogen-bond donors (Lipinski definition) is 3. The molecule has 1 rings (SSSR count). The van der Waals surface area contributed by atoms with Gasteiger partial charge in [-0.2, -0.15) is 0 Å². The second-order valence-corrected chi connectivity index (χ2v) is 4.05. The van der Waals surface area contributed by atoms with E-state index in [-0.39, 0.29) is 6.54 Å². The van der Waals surface area contributed by atoms with E-state index in [0.717, 1.165) is 0 Å². The summed E-state index contributed by atoms with van der Waals surface area (Å²) < 4.78 is 10.1. The van der Waals surface area contributed by atoms with Crippen LogP contribution in [0, 0.1) is 0 Å². The summed E-state index contributed by atoms with van der Waals surface area (Å²) in [5, 5.41) is 11.6. The van der Waals surface area contributed by atoms with Crippen molar-refractivity contribution in [3.8, 4) is 5.75 Å². The zero-order chi connectivity index (χ0) is 15.1. The monoisotopic (exact) mass is 282 g/mol. The molecule has 0 aliphatic carbocycles. The van der Waals surface area contributed by atoms with Gasteiger partial charge in [0.2, 0.25) is 5.91 Å². The van der Waals surface area contributed by atoms with Gasteiger partial charge in [0.25, 0.3) is 5.91 Å². The average molecular weight is 282 g/mol. The van der Waals surface area contributed by atoms with E-state index < -0.39 is 24.0 Å². The summed E-state index contributed by atoms with van der Waals surface area (Å²) in [5.74, 6) is -0.713. The Kier molecular flexibility index (Phi) is 5.95. The third-order valence-electron chi connectivity index (χ3n) is 2.69. The van der Waals surface area contributed by atoms with E-state index in [9.17, 15) is 14.7 Å². The van der Waals surface area contributed by atoms with Crippen molar-refractivity contribution in [2.24, 2.45) is 5.73 Å². The molecule has 110 valence electrons. The maximum absolute atomic E-state index is 11.9. The summed E-state index contributed by atoms with van der Waals surface area (Å²) in [7, 11) is 2.93. The zero-order valence-electron chi connectivity index (χ0n) is 11.3. The van der Waals surface area contributed by atoms with Gasteiger partial charge < -0.3 is 25.6 Å². The van der Waals surface area contributed by atoms with E-state index in [2.05, 4.69) is 5.32 Å². The van der Waals surface area contributed by atoms with Crippen LogP contribution in [0.2, 0.25) is 0 Å². The SMILES string of the molecule is COc1ccc(C(OC)C(=O)NCC(O)C(N)=O)cc1. The molecule has 2 amide bonds. The van der Waals surface area contributed by atoms with Crippen LogP contribution in [-0.2, 0) is 14.3 Å². The lowest BCUT2D eigenvalue weighted by atomic mass is 10.1. The minimum Gasteiger partial charge on any atom is -0.497 e. The van der Waals surface area contributed by atoms with Crippen LogP contribution in [0.4, 0.5) is 0 Å². The summed E-state index contributed by atoms with van der Waals surface area (Å²) >= 11 is 0. The Morgan fingerprint density at radius 3 is 2.35 bits per heavy atom. The largest absolute Gasteiger partial charge is 0.497 e. The van der Waals surface area contributed by atoms with Crippen molar-refractivity contribution < 1.29 is 24.2 Å². The Morgan fingerprint density at radius 1 is 1.30 bits per heavy atom. The summed E-state index contributed by atoms with van der Waals surface area (Å²) in [6.07, 6.45) is -2.27. The van der Waals surface area contributed by atoms with Gasteiger partial charge in [0.15, 0.2) is 6.10 Å². The molecule has 20 heavy (non-hydrogen) atoms. The first-order valence-electron chi connectivity index (χ1n) is 5.91. The molecule has 0 aliphatic heterocycles. The fourth-order valence-corrected chi connectivity index (χ4v) is 1.56. The molecule has 0 saturated heterocycles. The maximum Gasteiger partial charge on any atom is 0.253 e. The number of carbonyl (C=O) groups excluding carboxylic acids is 2. The normalized spacial score (nSPS) is 13.3. The lowest BCUT2D eigenvalue weighted by Crippen LogP contribution is -2.41. The number of nitrogens with one attached hydrogen (secondary N) is 1. The topological polar surface area (TPSA) is 111 Å². The lowest BCUT2D eigenvalue weighted by molar-refractivity contribution is -0.133. The first kappa shape index (κ1) is 15.9. The summed E-state index contributed by atoms with van der Waals surface area (Å²) in [6.45, 7) is -0.260. The number of nitrogens with two attached hydrogens (primary N) is 1. The van der Waals surface area contributed by atoms with Gasteiger partial charge in [0.1, 0.15) is 11.9 Å².